The number of esters is 1. The summed E-state index contributed by atoms with van der Waals surface area (Å²) in [5.41, 5.74) is -0.258. The van der Waals surface area contributed by atoms with Gasteiger partial charge in [0.15, 0.2) is 11.5 Å². The van der Waals surface area contributed by atoms with Crippen molar-refractivity contribution in [2.45, 2.75) is 24.8 Å². The monoisotopic (exact) mass is 684 g/mol. The number of phenols is 1. The summed E-state index contributed by atoms with van der Waals surface area (Å²) in [5, 5.41) is 14.9. The Hall–Kier alpha value is -4.69. The maximum Gasteiger partial charge on any atom is 0.311 e. The van der Waals surface area contributed by atoms with Gasteiger partial charge in [-0.2, -0.15) is 0 Å². The van der Waals surface area contributed by atoms with Crippen LogP contribution in [0.2, 0.25) is 10.0 Å². The number of rotatable bonds is 10. The van der Waals surface area contributed by atoms with E-state index in [0.717, 1.165) is 10.5 Å². The lowest BCUT2D eigenvalue weighted by Gasteiger charge is -2.30. The highest BCUT2D eigenvalue weighted by atomic mass is 35.5. The average molecular weight is 686 g/mol. The van der Waals surface area contributed by atoms with Gasteiger partial charge in [-0.25, -0.2) is 0 Å². The fourth-order valence-corrected chi connectivity index (χ4v) is 5.69. The van der Waals surface area contributed by atoms with Crippen LogP contribution < -0.4 is 20.4 Å². The third-order valence-electron chi connectivity index (χ3n) is 7.47. The van der Waals surface area contributed by atoms with E-state index in [-0.39, 0.29) is 59.8 Å². The molecule has 2 aliphatic heterocycles. The van der Waals surface area contributed by atoms with Crippen LogP contribution >= 0.6 is 23.2 Å². The van der Waals surface area contributed by atoms with Crippen LogP contribution in [-0.2, 0) is 40.0 Å². The number of carbonyl (C=O) groups is 5. The van der Waals surface area contributed by atoms with Gasteiger partial charge in [0, 0.05) is 12.7 Å². The number of hydrogen-bond acceptors (Lipinski definition) is 9. The minimum absolute atomic E-state index is 0.0603. The Kier molecular flexibility index (Phi) is 10.3. The highest BCUT2D eigenvalue weighted by Gasteiger charge is 2.44. The zero-order valence-corrected chi connectivity index (χ0v) is 26.5. The summed E-state index contributed by atoms with van der Waals surface area (Å²) >= 11 is 12.0. The number of carbonyl (C=O) groups excluding carboxylic acids is 5. The van der Waals surface area contributed by atoms with Crippen molar-refractivity contribution in [1.82, 2.24) is 10.6 Å². The van der Waals surface area contributed by atoms with Crippen molar-refractivity contribution in [2.75, 3.05) is 43.2 Å². The quantitative estimate of drug-likeness (QED) is 0.215. The summed E-state index contributed by atoms with van der Waals surface area (Å²) < 4.78 is 16.2. The number of cyclic esters (lactones) is 1. The lowest BCUT2D eigenvalue weighted by atomic mass is 10.1. The number of benzene rings is 3. The van der Waals surface area contributed by atoms with Gasteiger partial charge in [-0.1, -0.05) is 65.7 Å². The SMILES string of the molecule is COCC(=O)N1C[C@H](NC(=O)c2cc(Cl)c(O)c(Cl)c2)C(=O)N(CC(=O)N[C@@]2(OCc3ccccc3)COC(=O)C2)c2ccccc21. The first kappa shape index (κ1) is 33.7. The van der Waals surface area contributed by atoms with Crippen LogP contribution in [0.1, 0.15) is 22.3 Å². The lowest BCUT2D eigenvalue weighted by Crippen LogP contribution is -2.57. The van der Waals surface area contributed by atoms with E-state index < -0.39 is 53.7 Å². The molecule has 1 fully saturated rings. The van der Waals surface area contributed by atoms with E-state index in [4.69, 9.17) is 37.4 Å². The summed E-state index contributed by atoms with van der Waals surface area (Å²) in [6.07, 6.45) is -0.258. The molecular formula is C32H30Cl2N4O9. The molecule has 3 aromatic rings. The standard InChI is InChI=1S/C32H30Cl2N4O9/c1-45-17-27(40)37-14-23(35-30(43)20-11-21(33)29(42)22(34)12-20)31(44)38(25-10-6-5-9-24(25)37)15-26(39)36-32(13-28(41)46-18-32)47-16-19-7-3-2-4-8-19/h2-12,23,42H,13-18H2,1H3,(H,35,43)(H,36,39)/t23-,32-/m0/s1. The molecule has 1 saturated heterocycles. The molecule has 2 aliphatic rings. The third kappa shape index (κ3) is 7.66. The summed E-state index contributed by atoms with van der Waals surface area (Å²) in [6, 6.07) is 16.6. The molecule has 5 rings (SSSR count). The number of nitrogens with zero attached hydrogens (tertiary/aromatic N) is 2. The van der Waals surface area contributed by atoms with Crippen LogP contribution in [0.15, 0.2) is 66.7 Å². The van der Waals surface area contributed by atoms with Crippen LogP contribution in [0.3, 0.4) is 0 Å². The van der Waals surface area contributed by atoms with Crippen LogP contribution in [0.5, 0.6) is 5.75 Å². The molecule has 0 bridgehead atoms. The van der Waals surface area contributed by atoms with Gasteiger partial charge in [0.2, 0.25) is 5.91 Å². The molecule has 0 spiro atoms. The molecule has 2 heterocycles. The number of fused-ring (bicyclic) bond motifs is 1. The average Bonchev–Trinajstić information content (AvgIpc) is 3.38. The summed E-state index contributed by atoms with van der Waals surface area (Å²) in [4.78, 5) is 68.9. The molecule has 3 N–H and O–H groups in total. The number of methoxy groups -OCH3 is 1. The second-order valence-electron chi connectivity index (χ2n) is 10.8. The molecule has 47 heavy (non-hydrogen) atoms. The molecule has 13 nitrogen and oxygen atoms in total. The first-order valence-corrected chi connectivity index (χ1v) is 15.1. The number of phenolic OH excluding ortho intramolecular Hbond substituents is 1. The number of aromatic hydroxyl groups is 1. The van der Waals surface area contributed by atoms with E-state index in [1.54, 1.807) is 24.3 Å². The number of anilines is 2. The van der Waals surface area contributed by atoms with Gasteiger partial charge in [-0.3, -0.25) is 28.9 Å². The Morgan fingerprint density at radius 2 is 1.68 bits per heavy atom. The molecule has 246 valence electrons. The minimum Gasteiger partial charge on any atom is -0.505 e. The van der Waals surface area contributed by atoms with Gasteiger partial charge < -0.3 is 34.9 Å². The molecule has 0 unspecified atom stereocenters. The van der Waals surface area contributed by atoms with Gasteiger partial charge in [0.1, 0.15) is 25.8 Å². The van der Waals surface area contributed by atoms with Crippen molar-refractivity contribution in [3.8, 4) is 5.75 Å². The molecule has 0 aromatic heterocycles. The molecule has 2 atom stereocenters. The Morgan fingerprint density at radius 3 is 2.32 bits per heavy atom. The number of ether oxygens (including phenoxy) is 3. The smallest absolute Gasteiger partial charge is 0.311 e. The Bertz CT molecular complexity index is 1680. The van der Waals surface area contributed by atoms with Gasteiger partial charge in [-0.05, 0) is 29.8 Å². The van der Waals surface area contributed by atoms with Gasteiger partial charge >= 0.3 is 5.97 Å². The van der Waals surface area contributed by atoms with E-state index >= 15 is 0 Å². The van der Waals surface area contributed by atoms with Crippen LogP contribution in [0.4, 0.5) is 11.4 Å². The van der Waals surface area contributed by atoms with E-state index in [1.165, 1.54) is 24.1 Å². The van der Waals surface area contributed by atoms with Crippen LogP contribution in [0.25, 0.3) is 0 Å². The largest absolute Gasteiger partial charge is 0.505 e. The number of hydrogen-bond donors (Lipinski definition) is 3. The molecular weight excluding hydrogens is 655 g/mol. The van der Waals surface area contributed by atoms with Gasteiger partial charge in [0.25, 0.3) is 17.7 Å². The number of nitrogens with one attached hydrogen (secondary N) is 2. The van der Waals surface area contributed by atoms with Gasteiger partial charge in [-0.15, -0.1) is 0 Å². The normalized spacial score (nSPS) is 19.1. The zero-order valence-electron chi connectivity index (χ0n) is 25.0. The van der Waals surface area contributed by atoms with Crippen molar-refractivity contribution in [3.63, 3.8) is 0 Å². The second kappa shape index (κ2) is 14.4. The Balaban J connectivity index is 1.44. The first-order valence-electron chi connectivity index (χ1n) is 14.3. The lowest BCUT2D eigenvalue weighted by molar-refractivity contribution is -0.138. The van der Waals surface area contributed by atoms with Crippen molar-refractivity contribution >= 4 is 64.2 Å². The molecule has 4 amide bonds. The predicted molar refractivity (Wildman–Crippen MR) is 170 cm³/mol. The van der Waals surface area contributed by atoms with E-state index in [9.17, 15) is 29.1 Å². The number of halogens is 2. The van der Waals surface area contributed by atoms with E-state index in [0.29, 0.717) is 0 Å². The maximum absolute atomic E-state index is 14.2. The maximum atomic E-state index is 14.2. The fourth-order valence-electron chi connectivity index (χ4n) is 5.21. The first-order chi connectivity index (χ1) is 22.5. The predicted octanol–water partition coefficient (Wildman–Crippen LogP) is 2.80. The zero-order chi connectivity index (χ0) is 33.7. The molecule has 0 aliphatic carbocycles. The Morgan fingerprint density at radius 1 is 1.02 bits per heavy atom. The molecule has 0 saturated carbocycles. The van der Waals surface area contributed by atoms with E-state index in [2.05, 4.69) is 10.6 Å². The topological polar surface area (TPSA) is 164 Å². The van der Waals surface area contributed by atoms with E-state index in [1.807, 2.05) is 30.3 Å². The second-order valence-corrected chi connectivity index (χ2v) is 11.6. The van der Waals surface area contributed by atoms with Crippen molar-refractivity contribution < 1.29 is 43.3 Å². The highest BCUT2D eigenvalue weighted by Crippen LogP contribution is 2.35. The molecule has 0 radical (unpaired) electrons. The van der Waals surface area contributed by atoms with Crippen molar-refractivity contribution in [3.05, 3.63) is 87.9 Å². The summed E-state index contributed by atoms with van der Waals surface area (Å²) in [5.74, 6) is -3.69. The van der Waals surface area contributed by atoms with Crippen LogP contribution in [0, 0.1) is 0 Å². The third-order valence-corrected chi connectivity index (χ3v) is 8.05. The summed E-state index contributed by atoms with van der Waals surface area (Å²) in [7, 11) is 1.34. The minimum atomic E-state index is -1.50. The Labute approximate surface area is 279 Å². The number of amides is 4. The van der Waals surface area contributed by atoms with Gasteiger partial charge in [0.05, 0.1) is 41.0 Å². The van der Waals surface area contributed by atoms with Crippen molar-refractivity contribution in [1.29, 1.82) is 0 Å². The highest BCUT2D eigenvalue weighted by molar-refractivity contribution is 6.37. The molecule has 3 aromatic carbocycles. The van der Waals surface area contributed by atoms with Crippen LogP contribution in [-0.4, -0.2) is 79.9 Å². The fraction of sp³-hybridized carbons (Fsp3) is 0.281. The van der Waals surface area contributed by atoms with Crippen molar-refractivity contribution in [2.24, 2.45) is 0 Å². The summed E-state index contributed by atoms with van der Waals surface area (Å²) in [6.45, 7) is -1.39. The molecule has 15 heteroatoms. The number of para-hydroxylation sites is 2.